The first-order valence-corrected chi connectivity index (χ1v) is 6.24. The molecule has 0 bridgehead atoms. The molecule has 0 aliphatic rings. The standard InChI is InChI=1S/C16H16N2O2/c1-11(13-3-7-15(19)8-4-13)17-18-12(2)14-5-9-16(20)10-6-14/h3-10,19-20H,1-2H3/b17-11-,18-12+. The lowest BCUT2D eigenvalue weighted by molar-refractivity contribution is 0.474. The zero-order valence-electron chi connectivity index (χ0n) is 11.4. The molecule has 4 heteroatoms. The van der Waals surface area contributed by atoms with Gasteiger partial charge in [0.2, 0.25) is 0 Å². The SMILES string of the molecule is C/C(=N/N=C(\C)c1ccc(O)cc1)c1ccc(O)cc1. The second-order valence-electron chi connectivity index (χ2n) is 4.46. The Labute approximate surface area is 117 Å². The molecule has 2 aromatic rings. The highest BCUT2D eigenvalue weighted by Crippen LogP contribution is 2.12. The van der Waals surface area contributed by atoms with E-state index in [-0.39, 0.29) is 11.5 Å². The van der Waals surface area contributed by atoms with Gasteiger partial charge in [-0.15, -0.1) is 0 Å². The van der Waals surface area contributed by atoms with Crippen LogP contribution < -0.4 is 0 Å². The Bertz CT molecular complexity index is 582. The molecule has 0 unspecified atom stereocenters. The minimum atomic E-state index is 0.227. The number of hydrogen-bond donors (Lipinski definition) is 2. The topological polar surface area (TPSA) is 65.2 Å². The van der Waals surface area contributed by atoms with Crippen molar-refractivity contribution in [3.05, 3.63) is 59.7 Å². The number of aromatic hydroxyl groups is 2. The Kier molecular flexibility index (Phi) is 4.15. The summed E-state index contributed by atoms with van der Waals surface area (Å²) in [6, 6.07) is 13.6. The van der Waals surface area contributed by atoms with E-state index in [2.05, 4.69) is 10.2 Å². The van der Waals surface area contributed by atoms with Gasteiger partial charge in [-0.05, 0) is 73.5 Å². The molecule has 2 rings (SSSR count). The Morgan fingerprint density at radius 1 is 0.650 bits per heavy atom. The van der Waals surface area contributed by atoms with Gasteiger partial charge in [0.25, 0.3) is 0 Å². The van der Waals surface area contributed by atoms with Crippen LogP contribution in [0.1, 0.15) is 25.0 Å². The summed E-state index contributed by atoms with van der Waals surface area (Å²) < 4.78 is 0. The molecule has 0 aliphatic heterocycles. The largest absolute Gasteiger partial charge is 0.508 e. The number of phenolic OH excluding ortho intramolecular Hbond substituents is 2. The Morgan fingerprint density at radius 3 is 1.25 bits per heavy atom. The summed E-state index contributed by atoms with van der Waals surface area (Å²) in [6.45, 7) is 3.72. The van der Waals surface area contributed by atoms with E-state index in [1.807, 2.05) is 13.8 Å². The maximum Gasteiger partial charge on any atom is 0.115 e. The first kappa shape index (κ1) is 13.8. The van der Waals surface area contributed by atoms with Crippen LogP contribution in [0.3, 0.4) is 0 Å². The lowest BCUT2D eigenvalue weighted by Gasteiger charge is -2.01. The van der Waals surface area contributed by atoms with E-state index in [4.69, 9.17) is 0 Å². The third-order valence-electron chi connectivity index (χ3n) is 2.92. The summed E-state index contributed by atoms with van der Waals surface area (Å²) >= 11 is 0. The zero-order chi connectivity index (χ0) is 14.5. The molecule has 0 saturated heterocycles. The smallest absolute Gasteiger partial charge is 0.115 e. The maximum atomic E-state index is 9.24. The van der Waals surface area contributed by atoms with Gasteiger partial charge < -0.3 is 10.2 Å². The van der Waals surface area contributed by atoms with E-state index in [9.17, 15) is 10.2 Å². The Balaban J connectivity index is 2.19. The Morgan fingerprint density at radius 2 is 0.950 bits per heavy atom. The summed E-state index contributed by atoms with van der Waals surface area (Å²) in [4.78, 5) is 0. The van der Waals surface area contributed by atoms with Crippen molar-refractivity contribution >= 4 is 11.4 Å². The van der Waals surface area contributed by atoms with Gasteiger partial charge in [-0.25, -0.2) is 0 Å². The van der Waals surface area contributed by atoms with Gasteiger partial charge in [0.15, 0.2) is 0 Å². The fraction of sp³-hybridized carbons (Fsp3) is 0.125. The molecule has 2 aromatic carbocycles. The van der Waals surface area contributed by atoms with Crippen molar-refractivity contribution in [2.24, 2.45) is 10.2 Å². The molecule has 0 fully saturated rings. The van der Waals surface area contributed by atoms with Gasteiger partial charge in [-0.1, -0.05) is 0 Å². The molecule has 0 radical (unpaired) electrons. The Hall–Kier alpha value is -2.62. The molecule has 20 heavy (non-hydrogen) atoms. The first-order valence-electron chi connectivity index (χ1n) is 6.24. The molecule has 0 aromatic heterocycles. The van der Waals surface area contributed by atoms with Gasteiger partial charge in [-0.2, -0.15) is 10.2 Å². The molecule has 102 valence electrons. The van der Waals surface area contributed by atoms with Gasteiger partial charge in [0, 0.05) is 0 Å². The minimum absolute atomic E-state index is 0.227. The van der Waals surface area contributed by atoms with Crippen molar-refractivity contribution in [1.82, 2.24) is 0 Å². The molecule has 0 heterocycles. The maximum absolute atomic E-state index is 9.24. The highest BCUT2D eigenvalue weighted by Gasteiger charge is 1.99. The number of phenols is 2. The second kappa shape index (κ2) is 6.02. The van der Waals surface area contributed by atoms with Crippen molar-refractivity contribution in [3.63, 3.8) is 0 Å². The minimum Gasteiger partial charge on any atom is -0.508 e. The summed E-state index contributed by atoms with van der Waals surface area (Å²) in [5.41, 5.74) is 3.35. The zero-order valence-corrected chi connectivity index (χ0v) is 11.4. The third-order valence-corrected chi connectivity index (χ3v) is 2.92. The molecular formula is C16H16N2O2. The molecule has 0 aliphatic carbocycles. The van der Waals surface area contributed by atoms with Crippen LogP contribution in [-0.2, 0) is 0 Å². The lowest BCUT2D eigenvalue weighted by Crippen LogP contribution is -1.96. The van der Waals surface area contributed by atoms with E-state index in [1.165, 1.54) is 0 Å². The first-order chi connectivity index (χ1) is 9.56. The van der Waals surface area contributed by atoms with Crippen molar-refractivity contribution in [2.75, 3.05) is 0 Å². The molecule has 0 spiro atoms. The fourth-order valence-corrected chi connectivity index (χ4v) is 1.67. The molecule has 4 nitrogen and oxygen atoms in total. The van der Waals surface area contributed by atoms with Gasteiger partial charge >= 0.3 is 0 Å². The average molecular weight is 268 g/mol. The van der Waals surface area contributed by atoms with Crippen LogP contribution in [0.4, 0.5) is 0 Å². The molecule has 0 amide bonds. The van der Waals surface area contributed by atoms with E-state index in [1.54, 1.807) is 48.5 Å². The van der Waals surface area contributed by atoms with E-state index in [0.717, 1.165) is 22.6 Å². The van der Waals surface area contributed by atoms with Crippen LogP contribution in [0.15, 0.2) is 58.7 Å². The fourth-order valence-electron chi connectivity index (χ4n) is 1.67. The predicted octanol–water partition coefficient (Wildman–Crippen LogP) is 3.33. The van der Waals surface area contributed by atoms with Gasteiger partial charge in [0.05, 0.1) is 11.4 Å². The van der Waals surface area contributed by atoms with Gasteiger partial charge in [-0.3, -0.25) is 0 Å². The van der Waals surface area contributed by atoms with Crippen molar-refractivity contribution < 1.29 is 10.2 Å². The number of rotatable bonds is 3. The summed E-state index contributed by atoms with van der Waals surface area (Å²) in [7, 11) is 0. The number of benzene rings is 2. The van der Waals surface area contributed by atoms with Crippen LogP contribution in [0.2, 0.25) is 0 Å². The highest BCUT2D eigenvalue weighted by atomic mass is 16.3. The number of nitrogens with zero attached hydrogens (tertiary/aromatic N) is 2. The van der Waals surface area contributed by atoms with E-state index < -0.39 is 0 Å². The van der Waals surface area contributed by atoms with Crippen molar-refractivity contribution in [2.45, 2.75) is 13.8 Å². The highest BCUT2D eigenvalue weighted by molar-refractivity contribution is 6.01. The van der Waals surface area contributed by atoms with Gasteiger partial charge in [0.1, 0.15) is 11.5 Å². The number of hydrogen-bond acceptors (Lipinski definition) is 4. The second-order valence-corrected chi connectivity index (χ2v) is 4.46. The monoisotopic (exact) mass is 268 g/mol. The van der Waals surface area contributed by atoms with Crippen LogP contribution in [0.5, 0.6) is 11.5 Å². The van der Waals surface area contributed by atoms with Crippen LogP contribution in [0.25, 0.3) is 0 Å². The quantitative estimate of drug-likeness (QED) is 0.662. The van der Waals surface area contributed by atoms with E-state index >= 15 is 0 Å². The predicted molar refractivity (Wildman–Crippen MR) is 80.6 cm³/mol. The van der Waals surface area contributed by atoms with Crippen LogP contribution in [-0.4, -0.2) is 21.6 Å². The molecule has 0 atom stereocenters. The van der Waals surface area contributed by atoms with Crippen molar-refractivity contribution in [1.29, 1.82) is 0 Å². The lowest BCUT2D eigenvalue weighted by atomic mass is 10.1. The van der Waals surface area contributed by atoms with E-state index in [0.29, 0.717) is 0 Å². The molecule has 2 N–H and O–H groups in total. The summed E-state index contributed by atoms with van der Waals surface area (Å²) in [6.07, 6.45) is 0. The third kappa shape index (κ3) is 3.45. The summed E-state index contributed by atoms with van der Waals surface area (Å²) in [5, 5.41) is 26.8. The molecule has 0 saturated carbocycles. The van der Waals surface area contributed by atoms with Crippen LogP contribution in [0, 0.1) is 0 Å². The van der Waals surface area contributed by atoms with Crippen LogP contribution >= 0.6 is 0 Å². The molecular weight excluding hydrogens is 252 g/mol. The summed E-state index contributed by atoms with van der Waals surface area (Å²) in [5.74, 6) is 0.454. The average Bonchev–Trinajstić information content (AvgIpc) is 2.46. The normalized spacial score (nSPS) is 12.5. The van der Waals surface area contributed by atoms with Crippen molar-refractivity contribution in [3.8, 4) is 11.5 Å².